The van der Waals surface area contributed by atoms with Gasteiger partial charge in [0.1, 0.15) is 0 Å². The lowest BCUT2D eigenvalue weighted by molar-refractivity contribution is 0.378. The summed E-state index contributed by atoms with van der Waals surface area (Å²) in [5, 5.41) is 3.60. The highest BCUT2D eigenvalue weighted by atomic mass is 14.9. The summed E-state index contributed by atoms with van der Waals surface area (Å²) in [7, 11) is 0. The number of hydrogen-bond acceptors (Lipinski definition) is 1. The first-order valence-corrected chi connectivity index (χ1v) is 6.97. The first kappa shape index (κ1) is 11.4. The molecule has 1 N–H and O–H groups in total. The fourth-order valence-corrected chi connectivity index (χ4v) is 3.39. The van der Waals surface area contributed by atoms with Crippen molar-refractivity contribution >= 4 is 0 Å². The zero-order valence-corrected chi connectivity index (χ0v) is 10.5. The lowest BCUT2D eigenvalue weighted by Crippen LogP contribution is -2.20. The van der Waals surface area contributed by atoms with E-state index in [9.17, 15) is 0 Å². The van der Waals surface area contributed by atoms with E-state index < -0.39 is 0 Å². The number of nitrogens with one attached hydrogen (secondary N) is 1. The van der Waals surface area contributed by atoms with Gasteiger partial charge < -0.3 is 5.32 Å². The maximum Gasteiger partial charge on any atom is -0.00150 e. The number of hydrogen-bond donors (Lipinski definition) is 1. The molecule has 2 saturated carbocycles. The predicted molar refractivity (Wildman–Crippen MR) is 65.9 cm³/mol. The van der Waals surface area contributed by atoms with Gasteiger partial charge in [0.2, 0.25) is 0 Å². The average Bonchev–Trinajstić information content (AvgIpc) is 2.93. The summed E-state index contributed by atoms with van der Waals surface area (Å²) in [4.78, 5) is 0. The van der Waals surface area contributed by atoms with Crippen LogP contribution in [0.25, 0.3) is 0 Å². The molecule has 0 bridgehead atoms. The summed E-state index contributed by atoms with van der Waals surface area (Å²) in [5.74, 6) is 2.02. The third kappa shape index (κ3) is 2.75. The Kier molecular flexibility index (Phi) is 3.71. The van der Waals surface area contributed by atoms with Crippen LogP contribution in [0.3, 0.4) is 0 Å². The maximum absolute atomic E-state index is 3.60. The monoisotopic (exact) mass is 209 g/mol. The van der Waals surface area contributed by atoms with Crippen LogP contribution in [-0.4, -0.2) is 13.1 Å². The molecule has 0 amide bonds. The Morgan fingerprint density at radius 2 is 2.13 bits per heavy atom. The van der Waals surface area contributed by atoms with Crippen molar-refractivity contribution in [2.24, 2.45) is 17.3 Å². The third-order valence-corrected chi connectivity index (χ3v) is 4.68. The Bertz CT molecular complexity index is 200. The van der Waals surface area contributed by atoms with Crippen LogP contribution in [0.2, 0.25) is 0 Å². The largest absolute Gasteiger partial charge is 0.316 e. The molecule has 0 heterocycles. The Hall–Kier alpha value is -0.0400. The van der Waals surface area contributed by atoms with Gasteiger partial charge >= 0.3 is 0 Å². The molecule has 2 rings (SSSR count). The van der Waals surface area contributed by atoms with Gasteiger partial charge in [0.05, 0.1) is 0 Å². The van der Waals surface area contributed by atoms with Crippen molar-refractivity contribution in [3.8, 4) is 0 Å². The third-order valence-electron chi connectivity index (χ3n) is 4.68. The lowest BCUT2D eigenvalue weighted by atomic mass is 9.93. The highest BCUT2D eigenvalue weighted by Crippen LogP contribution is 2.60. The van der Waals surface area contributed by atoms with Crippen LogP contribution < -0.4 is 5.32 Å². The summed E-state index contributed by atoms with van der Waals surface area (Å²) in [5.41, 5.74) is 0.797. The van der Waals surface area contributed by atoms with Gasteiger partial charge in [-0.3, -0.25) is 0 Å². The standard InChI is InChI=1S/C14H27N/c1-3-9-15-11-13-10-14(13)7-4-5-12(2)6-8-14/h12-13,15H,3-11H2,1-2H3. The van der Waals surface area contributed by atoms with Crippen LogP contribution in [-0.2, 0) is 0 Å². The Morgan fingerprint density at radius 1 is 1.27 bits per heavy atom. The van der Waals surface area contributed by atoms with Gasteiger partial charge in [-0.05, 0) is 56.0 Å². The summed E-state index contributed by atoms with van der Waals surface area (Å²) in [6, 6.07) is 0. The second-order valence-electron chi connectivity index (χ2n) is 6.00. The molecule has 2 fully saturated rings. The average molecular weight is 209 g/mol. The van der Waals surface area contributed by atoms with Gasteiger partial charge in [-0.15, -0.1) is 0 Å². The molecule has 1 nitrogen and oxygen atoms in total. The van der Waals surface area contributed by atoms with Crippen molar-refractivity contribution in [1.29, 1.82) is 0 Å². The molecule has 0 aromatic heterocycles. The predicted octanol–water partition coefficient (Wildman–Crippen LogP) is 3.59. The molecule has 1 spiro atoms. The second kappa shape index (κ2) is 4.86. The van der Waals surface area contributed by atoms with Gasteiger partial charge in [0, 0.05) is 0 Å². The van der Waals surface area contributed by atoms with Crippen LogP contribution in [0.15, 0.2) is 0 Å². The molecule has 1 heteroatoms. The zero-order chi connectivity index (χ0) is 10.7. The minimum absolute atomic E-state index is 0.797. The van der Waals surface area contributed by atoms with Crippen molar-refractivity contribution in [2.75, 3.05) is 13.1 Å². The molecule has 0 aliphatic heterocycles. The quantitative estimate of drug-likeness (QED) is 0.698. The van der Waals surface area contributed by atoms with E-state index in [1.54, 1.807) is 0 Å². The molecule has 0 aromatic rings. The molecule has 3 atom stereocenters. The normalized spacial score (nSPS) is 40.4. The van der Waals surface area contributed by atoms with Crippen LogP contribution in [0.5, 0.6) is 0 Å². The van der Waals surface area contributed by atoms with E-state index in [1.165, 1.54) is 58.0 Å². The summed E-state index contributed by atoms with van der Waals surface area (Å²) in [6.45, 7) is 7.19. The molecular weight excluding hydrogens is 182 g/mol. The Morgan fingerprint density at radius 3 is 2.93 bits per heavy atom. The maximum atomic E-state index is 3.60. The van der Waals surface area contributed by atoms with E-state index in [2.05, 4.69) is 19.2 Å². The molecule has 0 radical (unpaired) electrons. The molecule has 15 heavy (non-hydrogen) atoms. The Balaban J connectivity index is 1.74. The number of rotatable bonds is 4. The van der Waals surface area contributed by atoms with Crippen LogP contribution >= 0.6 is 0 Å². The van der Waals surface area contributed by atoms with E-state index in [0.717, 1.165) is 17.3 Å². The van der Waals surface area contributed by atoms with E-state index in [0.29, 0.717) is 0 Å². The van der Waals surface area contributed by atoms with Gasteiger partial charge in [-0.25, -0.2) is 0 Å². The summed E-state index contributed by atoms with van der Waals surface area (Å²) < 4.78 is 0. The molecular formula is C14H27N. The van der Waals surface area contributed by atoms with Gasteiger partial charge in [0.15, 0.2) is 0 Å². The van der Waals surface area contributed by atoms with Crippen molar-refractivity contribution in [2.45, 2.75) is 58.8 Å². The first-order chi connectivity index (χ1) is 7.27. The topological polar surface area (TPSA) is 12.0 Å². The van der Waals surface area contributed by atoms with E-state index in [1.807, 2.05) is 0 Å². The molecule has 0 aromatic carbocycles. The van der Waals surface area contributed by atoms with Gasteiger partial charge in [0.25, 0.3) is 0 Å². The SMILES string of the molecule is CCCNCC1CC12CCCC(C)CC2. The molecule has 88 valence electrons. The molecule has 0 saturated heterocycles. The van der Waals surface area contributed by atoms with Crippen molar-refractivity contribution < 1.29 is 0 Å². The van der Waals surface area contributed by atoms with E-state index in [-0.39, 0.29) is 0 Å². The Labute approximate surface area is 95.0 Å². The molecule has 2 aliphatic carbocycles. The van der Waals surface area contributed by atoms with Crippen molar-refractivity contribution in [3.63, 3.8) is 0 Å². The van der Waals surface area contributed by atoms with Crippen LogP contribution in [0.1, 0.15) is 58.8 Å². The summed E-state index contributed by atoms with van der Waals surface area (Å²) >= 11 is 0. The molecule has 2 aliphatic rings. The van der Waals surface area contributed by atoms with E-state index in [4.69, 9.17) is 0 Å². The zero-order valence-electron chi connectivity index (χ0n) is 10.5. The summed E-state index contributed by atoms with van der Waals surface area (Å²) in [6.07, 6.45) is 10.3. The van der Waals surface area contributed by atoms with Crippen LogP contribution in [0, 0.1) is 17.3 Å². The highest BCUT2D eigenvalue weighted by molar-refractivity contribution is 5.03. The van der Waals surface area contributed by atoms with Crippen molar-refractivity contribution in [3.05, 3.63) is 0 Å². The van der Waals surface area contributed by atoms with Gasteiger partial charge in [-0.2, -0.15) is 0 Å². The van der Waals surface area contributed by atoms with Crippen molar-refractivity contribution in [1.82, 2.24) is 5.32 Å². The lowest BCUT2D eigenvalue weighted by Gasteiger charge is -2.14. The smallest absolute Gasteiger partial charge is 0.00150 e. The van der Waals surface area contributed by atoms with Crippen LogP contribution in [0.4, 0.5) is 0 Å². The first-order valence-electron chi connectivity index (χ1n) is 6.97. The molecule has 3 unspecified atom stereocenters. The van der Waals surface area contributed by atoms with Gasteiger partial charge in [-0.1, -0.05) is 33.1 Å². The fourth-order valence-electron chi connectivity index (χ4n) is 3.39. The second-order valence-corrected chi connectivity index (χ2v) is 6.00. The fraction of sp³-hybridized carbons (Fsp3) is 1.00. The highest BCUT2D eigenvalue weighted by Gasteiger charge is 2.52. The minimum Gasteiger partial charge on any atom is -0.316 e. The minimum atomic E-state index is 0.797. The van der Waals surface area contributed by atoms with E-state index >= 15 is 0 Å².